The molecule has 0 spiro atoms. The SMILES string of the molecule is CC1=C(C(=O)c2ccccc2)C(c2ccc(C)cc2C)NC(=O)N1. The monoisotopic (exact) mass is 320 g/mol. The van der Waals surface area contributed by atoms with Crippen molar-refractivity contribution in [3.8, 4) is 0 Å². The van der Waals surface area contributed by atoms with E-state index in [9.17, 15) is 9.59 Å². The van der Waals surface area contributed by atoms with Gasteiger partial charge in [0.25, 0.3) is 0 Å². The van der Waals surface area contributed by atoms with Crippen LogP contribution >= 0.6 is 0 Å². The Morgan fingerprint density at radius 1 is 1.00 bits per heavy atom. The van der Waals surface area contributed by atoms with E-state index in [0.717, 1.165) is 16.7 Å². The second-order valence-electron chi connectivity index (χ2n) is 6.13. The first-order valence-electron chi connectivity index (χ1n) is 7.92. The Bertz CT molecular complexity index is 838. The van der Waals surface area contributed by atoms with E-state index in [-0.39, 0.29) is 11.8 Å². The lowest BCUT2D eigenvalue weighted by atomic mass is 9.87. The number of aryl methyl sites for hydroxylation is 2. The maximum absolute atomic E-state index is 13.0. The largest absolute Gasteiger partial charge is 0.327 e. The molecule has 1 unspecified atom stereocenters. The molecule has 2 N–H and O–H groups in total. The maximum atomic E-state index is 13.0. The molecule has 2 aromatic rings. The molecular weight excluding hydrogens is 300 g/mol. The van der Waals surface area contributed by atoms with Crippen LogP contribution in [0.3, 0.4) is 0 Å². The fraction of sp³-hybridized carbons (Fsp3) is 0.200. The zero-order valence-corrected chi connectivity index (χ0v) is 14.0. The second-order valence-corrected chi connectivity index (χ2v) is 6.13. The molecule has 0 aliphatic carbocycles. The smallest absolute Gasteiger partial charge is 0.319 e. The summed E-state index contributed by atoms with van der Waals surface area (Å²) in [6.07, 6.45) is 0. The number of hydrogen-bond donors (Lipinski definition) is 2. The highest BCUT2D eigenvalue weighted by atomic mass is 16.2. The van der Waals surface area contributed by atoms with E-state index in [1.807, 2.05) is 44.2 Å². The van der Waals surface area contributed by atoms with Crippen LogP contribution in [-0.4, -0.2) is 11.8 Å². The number of ketones is 1. The van der Waals surface area contributed by atoms with E-state index in [0.29, 0.717) is 16.8 Å². The van der Waals surface area contributed by atoms with E-state index < -0.39 is 6.04 Å². The van der Waals surface area contributed by atoms with Crippen molar-refractivity contribution >= 4 is 11.8 Å². The summed E-state index contributed by atoms with van der Waals surface area (Å²) in [7, 11) is 0. The standard InChI is InChI=1S/C20H20N2O2/c1-12-9-10-16(13(2)11-12)18-17(14(3)21-20(24)22-18)19(23)15-7-5-4-6-8-15/h4-11,18H,1-3H3,(H2,21,22,24). The van der Waals surface area contributed by atoms with Gasteiger partial charge in [-0.2, -0.15) is 0 Å². The summed E-state index contributed by atoms with van der Waals surface area (Å²) in [5.41, 5.74) is 4.92. The lowest BCUT2D eigenvalue weighted by Gasteiger charge is -2.29. The predicted molar refractivity (Wildman–Crippen MR) is 93.8 cm³/mol. The number of benzene rings is 2. The van der Waals surface area contributed by atoms with Gasteiger partial charge in [-0.25, -0.2) is 4.79 Å². The van der Waals surface area contributed by atoms with Crippen LogP contribution in [-0.2, 0) is 0 Å². The van der Waals surface area contributed by atoms with Crippen LogP contribution in [0.4, 0.5) is 4.79 Å². The molecule has 0 radical (unpaired) electrons. The van der Waals surface area contributed by atoms with Crippen molar-refractivity contribution in [2.24, 2.45) is 0 Å². The lowest BCUT2D eigenvalue weighted by molar-refractivity contribution is 0.102. The molecule has 1 aliphatic rings. The van der Waals surface area contributed by atoms with Gasteiger partial charge in [0.2, 0.25) is 0 Å². The van der Waals surface area contributed by atoms with E-state index >= 15 is 0 Å². The van der Waals surface area contributed by atoms with Gasteiger partial charge in [0.1, 0.15) is 0 Å². The van der Waals surface area contributed by atoms with Crippen molar-refractivity contribution < 1.29 is 9.59 Å². The van der Waals surface area contributed by atoms with Gasteiger partial charge in [-0.05, 0) is 31.9 Å². The topological polar surface area (TPSA) is 58.2 Å². The van der Waals surface area contributed by atoms with E-state index in [4.69, 9.17) is 0 Å². The molecule has 4 heteroatoms. The number of carbonyl (C=O) groups is 2. The molecule has 0 saturated heterocycles. The molecular formula is C20H20N2O2. The summed E-state index contributed by atoms with van der Waals surface area (Å²) in [4.78, 5) is 25.0. The van der Waals surface area contributed by atoms with Crippen molar-refractivity contribution in [2.45, 2.75) is 26.8 Å². The second kappa shape index (κ2) is 6.32. The molecule has 24 heavy (non-hydrogen) atoms. The van der Waals surface area contributed by atoms with E-state index in [2.05, 4.69) is 16.7 Å². The quantitative estimate of drug-likeness (QED) is 0.845. The highest BCUT2D eigenvalue weighted by Gasteiger charge is 2.32. The highest BCUT2D eigenvalue weighted by molar-refractivity contribution is 6.11. The maximum Gasteiger partial charge on any atom is 0.319 e. The van der Waals surface area contributed by atoms with E-state index in [1.165, 1.54) is 0 Å². The molecule has 0 bridgehead atoms. The summed E-state index contributed by atoms with van der Waals surface area (Å²) in [6, 6.07) is 14.4. The van der Waals surface area contributed by atoms with Crippen LogP contribution in [0.1, 0.15) is 40.0 Å². The number of hydrogen-bond acceptors (Lipinski definition) is 2. The molecule has 1 aliphatic heterocycles. The molecule has 4 nitrogen and oxygen atoms in total. The minimum atomic E-state index is -0.452. The third-order valence-electron chi connectivity index (χ3n) is 4.29. The Hall–Kier alpha value is -2.88. The number of rotatable bonds is 3. The zero-order valence-electron chi connectivity index (χ0n) is 14.0. The molecule has 1 heterocycles. The van der Waals surface area contributed by atoms with Crippen LogP contribution < -0.4 is 10.6 Å². The van der Waals surface area contributed by atoms with Crippen molar-refractivity contribution in [2.75, 3.05) is 0 Å². The van der Waals surface area contributed by atoms with Gasteiger partial charge in [0, 0.05) is 16.8 Å². The van der Waals surface area contributed by atoms with Crippen LogP contribution in [0.5, 0.6) is 0 Å². The summed E-state index contributed by atoms with van der Waals surface area (Å²) in [6.45, 7) is 5.79. The molecule has 0 saturated carbocycles. The van der Waals surface area contributed by atoms with Gasteiger partial charge in [-0.3, -0.25) is 4.79 Å². The van der Waals surface area contributed by atoms with Gasteiger partial charge in [-0.1, -0.05) is 54.1 Å². The number of nitrogens with one attached hydrogen (secondary N) is 2. The Labute approximate surface area is 141 Å². The fourth-order valence-corrected chi connectivity index (χ4v) is 3.12. The number of carbonyl (C=O) groups excluding carboxylic acids is 2. The number of allylic oxidation sites excluding steroid dienone is 1. The van der Waals surface area contributed by atoms with Gasteiger partial charge < -0.3 is 10.6 Å². The highest BCUT2D eigenvalue weighted by Crippen LogP contribution is 2.31. The summed E-state index contributed by atoms with van der Waals surface area (Å²) in [5, 5.41) is 5.61. The number of urea groups is 1. The average Bonchev–Trinajstić information content (AvgIpc) is 2.54. The average molecular weight is 320 g/mol. The Morgan fingerprint density at radius 2 is 1.71 bits per heavy atom. The molecule has 2 aromatic carbocycles. The predicted octanol–water partition coefficient (Wildman–Crippen LogP) is 3.81. The molecule has 1 atom stereocenters. The normalized spacial score (nSPS) is 17.3. The molecule has 0 aromatic heterocycles. The Kier molecular flexibility index (Phi) is 4.21. The number of Topliss-reactive ketones (excluding diaryl/α,β-unsaturated/α-hetero) is 1. The van der Waals surface area contributed by atoms with Crippen molar-refractivity contribution in [3.63, 3.8) is 0 Å². The van der Waals surface area contributed by atoms with Crippen LogP contribution in [0.25, 0.3) is 0 Å². The van der Waals surface area contributed by atoms with Gasteiger partial charge in [0.15, 0.2) is 5.78 Å². The number of amides is 2. The fourth-order valence-electron chi connectivity index (χ4n) is 3.12. The lowest BCUT2D eigenvalue weighted by Crippen LogP contribution is -2.45. The van der Waals surface area contributed by atoms with Crippen molar-refractivity contribution in [3.05, 3.63) is 82.1 Å². The van der Waals surface area contributed by atoms with Gasteiger partial charge in [0.05, 0.1) is 6.04 Å². The Morgan fingerprint density at radius 3 is 2.38 bits per heavy atom. The van der Waals surface area contributed by atoms with Crippen LogP contribution in [0.15, 0.2) is 59.8 Å². The Balaban J connectivity index is 2.10. The molecule has 2 amide bonds. The first-order chi connectivity index (χ1) is 11.5. The minimum absolute atomic E-state index is 0.0782. The van der Waals surface area contributed by atoms with E-state index in [1.54, 1.807) is 19.1 Å². The van der Waals surface area contributed by atoms with Crippen molar-refractivity contribution in [1.29, 1.82) is 0 Å². The van der Waals surface area contributed by atoms with Crippen molar-refractivity contribution in [1.82, 2.24) is 10.6 Å². The third kappa shape index (κ3) is 2.95. The van der Waals surface area contributed by atoms with Crippen LogP contribution in [0, 0.1) is 13.8 Å². The molecule has 122 valence electrons. The zero-order chi connectivity index (χ0) is 17.3. The van der Waals surface area contributed by atoms with Gasteiger partial charge in [-0.15, -0.1) is 0 Å². The summed E-state index contributed by atoms with van der Waals surface area (Å²) in [5.74, 6) is -0.0782. The molecule has 0 fully saturated rings. The first kappa shape index (κ1) is 16.0. The van der Waals surface area contributed by atoms with Gasteiger partial charge >= 0.3 is 6.03 Å². The first-order valence-corrected chi connectivity index (χ1v) is 7.92. The summed E-state index contributed by atoms with van der Waals surface area (Å²) < 4.78 is 0. The van der Waals surface area contributed by atoms with Crippen LogP contribution in [0.2, 0.25) is 0 Å². The summed E-state index contributed by atoms with van der Waals surface area (Å²) >= 11 is 0. The minimum Gasteiger partial charge on any atom is -0.327 e. The molecule has 3 rings (SSSR count). The third-order valence-corrected chi connectivity index (χ3v) is 4.29.